The van der Waals surface area contributed by atoms with E-state index in [2.05, 4.69) is 19.9 Å². The molecule has 2 rings (SSSR count). The molecule has 0 fully saturated rings. The summed E-state index contributed by atoms with van der Waals surface area (Å²) in [5, 5.41) is 28.1. The SMILES string of the molecule is CCc1cc(C(C)(C)CCc2ccc(CO)c(CO)c2)ccc1CCC(O)C(F)(F)F. The fraction of sp³-hybridized carbons (Fsp3) is 0.520. The van der Waals surface area contributed by atoms with Crippen LogP contribution in [0, 0.1) is 0 Å². The van der Waals surface area contributed by atoms with Crippen molar-refractivity contribution in [3.05, 3.63) is 69.8 Å². The van der Waals surface area contributed by atoms with Crippen molar-refractivity contribution in [3.8, 4) is 0 Å². The molecule has 0 aromatic heterocycles. The molecule has 0 heterocycles. The summed E-state index contributed by atoms with van der Waals surface area (Å²) in [4.78, 5) is 0. The van der Waals surface area contributed by atoms with Gasteiger partial charge in [-0.15, -0.1) is 0 Å². The average molecular weight is 439 g/mol. The van der Waals surface area contributed by atoms with Crippen LogP contribution in [0.1, 0.15) is 67.0 Å². The van der Waals surface area contributed by atoms with Gasteiger partial charge in [0, 0.05) is 0 Å². The molecule has 3 N–H and O–H groups in total. The monoisotopic (exact) mass is 438 g/mol. The number of hydrogen-bond donors (Lipinski definition) is 3. The average Bonchev–Trinajstić information content (AvgIpc) is 2.74. The zero-order valence-electron chi connectivity index (χ0n) is 18.5. The topological polar surface area (TPSA) is 60.7 Å². The second-order valence-electron chi connectivity index (χ2n) is 8.74. The Morgan fingerprint density at radius 2 is 1.48 bits per heavy atom. The molecule has 6 heteroatoms. The van der Waals surface area contributed by atoms with Crippen molar-refractivity contribution >= 4 is 0 Å². The molecule has 1 atom stereocenters. The van der Waals surface area contributed by atoms with Crippen LogP contribution in [0.5, 0.6) is 0 Å². The summed E-state index contributed by atoms with van der Waals surface area (Å²) in [6.07, 6.45) is -4.67. The third kappa shape index (κ3) is 6.79. The highest BCUT2D eigenvalue weighted by molar-refractivity contribution is 5.37. The lowest BCUT2D eigenvalue weighted by Gasteiger charge is -2.27. The fourth-order valence-electron chi connectivity index (χ4n) is 3.81. The highest BCUT2D eigenvalue weighted by Gasteiger charge is 2.37. The molecule has 31 heavy (non-hydrogen) atoms. The summed E-state index contributed by atoms with van der Waals surface area (Å²) in [7, 11) is 0. The van der Waals surface area contributed by atoms with E-state index in [1.165, 1.54) is 0 Å². The zero-order chi connectivity index (χ0) is 23.2. The normalized spacial score (nSPS) is 13.5. The number of rotatable bonds is 10. The second-order valence-corrected chi connectivity index (χ2v) is 8.74. The van der Waals surface area contributed by atoms with E-state index in [0.29, 0.717) is 6.42 Å². The van der Waals surface area contributed by atoms with Gasteiger partial charge in [0.2, 0.25) is 0 Å². The quantitative estimate of drug-likeness (QED) is 0.489. The van der Waals surface area contributed by atoms with Gasteiger partial charge in [0.1, 0.15) is 6.10 Å². The van der Waals surface area contributed by atoms with Gasteiger partial charge in [-0.3, -0.25) is 0 Å². The molecule has 3 nitrogen and oxygen atoms in total. The van der Waals surface area contributed by atoms with Crippen LogP contribution in [0.3, 0.4) is 0 Å². The van der Waals surface area contributed by atoms with Crippen molar-refractivity contribution in [2.24, 2.45) is 0 Å². The maximum absolute atomic E-state index is 12.6. The summed E-state index contributed by atoms with van der Waals surface area (Å²) in [6.45, 7) is 6.05. The molecule has 0 saturated heterocycles. The minimum absolute atomic E-state index is 0.103. The Morgan fingerprint density at radius 3 is 2.06 bits per heavy atom. The Balaban J connectivity index is 2.12. The molecule has 0 aliphatic heterocycles. The molecule has 0 radical (unpaired) electrons. The molecular formula is C25H33F3O3. The molecule has 172 valence electrons. The lowest BCUT2D eigenvalue weighted by atomic mass is 9.78. The van der Waals surface area contributed by atoms with Gasteiger partial charge in [0.25, 0.3) is 0 Å². The van der Waals surface area contributed by atoms with Gasteiger partial charge < -0.3 is 15.3 Å². The number of halogens is 3. The molecule has 0 aliphatic carbocycles. The smallest absolute Gasteiger partial charge is 0.392 e. The molecule has 0 bridgehead atoms. The molecule has 2 aromatic carbocycles. The number of alkyl halides is 3. The van der Waals surface area contributed by atoms with Gasteiger partial charge in [-0.1, -0.05) is 57.2 Å². The maximum Gasteiger partial charge on any atom is 0.414 e. The Bertz CT molecular complexity index is 860. The molecule has 0 aliphatic rings. The summed E-state index contributed by atoms with van der Waals surface area (Å²) in [6, 6.07) is 11.7. The predicted molar refractivity (Wildman–Crippen MR) is 116 cm³/mol. The van der Waals surface area contributed by atoms with Crippen LogP contribution in [0.4, 0.5) is 13.2 Å². The van der Waals surface area contributed by atoms with E-state index in [1.54, 1.807) is 0 Å². The van der Waals surface area contributed by atoms with Crippen molar-refractivity contribution in [3.63, 3.8) is 0 Å². The highest BCUT2D eigenvalue weighted by atomic mass is 19.4. The van der Waals surface area contributed by atoms with Crippen molar-refractivity contribution in [1.82, 2.24) is 0 Å². The van der Waals surface area contributed by atoms with Gasteiger partial charge in [0.05, 0.1) is 13.2 Å². The van der Waals surface area contributed by atoms with E-state index in [0.717, 1.165) is 46.2 Å². The van der Waals surface area contributed by atoms with Crippen molar-refractivity contribution in [1.29, 1.82) is 0 Å². The molecule has 0 amide bonds. The Kier molecular flexibility index (Phi) is 8.69. The maximum atomic E-state index is 12.6. The van der Waals surface area contributed by atoms with Gasteiger partial charge >= 0.3 is 6.18 Å². The van der Waals surface area contributed by atoms with Crippen LogP contribution in [0.15, 0.2) is 36.4 Å². The minimum Gasteiger partial charge on any atom is -0.392 e. The molecule has 2 aromatic rings. The summed E-state index contributed by atoms with van der Waals surface area (Å²) < 4.78 is 37.8. The van der Waals surface area contributed by atoms with Crippen LogP contribution >= 0.6 is 0 Å². The van der Waals surface area contributed by atoms with Gasteiger partial charge in [-0.2, -0.15) is 13.2 Å². The number of aryl methyl sites for hydroxylation is 3. The van der Waals surface area contributed by atoms with E-state index >= 15 is 0 Å². The third-order valence-corrected chi connectivity index (χ3v) is 6.08. The summed E-state index contributed by atoms with van der Waals surface area (Å²) in [5.74, 6) is 0. The number of hydrogen-bond acceptors (Lipinski definition) is 3. The first-order chi connectivity index (χ1) is 14.5. The van der Waals surface area contributed by atoms with Gasteiger partial charge in [-0.05, 0) is 70.9 Å². The molecule has 0 spiro atoms. The Morgan fingerprint density at radius 1 is 0.839 bits per heavy atom. The van der Waals surface area contributed by atoms with Crippen molar-refractivity contribution in [2.45, 2.75) is 83.8 Å². The van der Waals surface area contributed by atoms with E-state index in [9.17, 15) is 28.5 Å². The van der Waals surface area contributed by atoms with Crippen molar-refractivity contribution < 1.29 is 28.5 Å². The largest absolute Gasteiger partial charge is 0.414 e. The number of aliphatic hydroxyl groups excluding tert-OH is 3. The lowest BCUT2D eigenvalue weighted by molar-refractivity contribution is -0.205. The first-order valence-corrected chi connectivity index (χ1v) is 10.7. The first kappa shape index (κ1) is 25.4. The van der Waals surface area contributed by atoms with E-state index < -0.39 is 12.3 Å². The van der Waals surface area contributed by atoms with Crippen LogP contribution < -0.4 is 0 Å². The molecular weight excluding hydrogens is 405 g/mol. The standard InChI is InChI=1S/C25H33F3O3/c1-4-18-14-22(9-7-19(18)8-10-23(31)25(26,27)28)24(2,3)12-11-17-5-6-20(15-29)21(13-17)16-30/h5-7,9,13-14,23,29-31H,4,8,10-12,15-16H2,1-3H3. The third-order valence-electron chi connectivity index (χ3n) is 6.08. The van der Waals surface area contributed by atoms with Crippen molar-refractivity contribution in [2.75, 3.05) is 0 Å². The van der Waals surface area contributed by atoms with Gasteiger partial charge in [0.15, 0.2) is 0 Å². The van der Waals surface area contributed by atoms with Crippen LogP contribution in [-0.4, -0.2) is 27.6 Å². The zero-order valence-corrected chi connectivity index (χ0v) is 18.5. The number of aliphatic hydroxyl groups is 3. The molecule has 0 saturated carbocycles. The van der Waals surface area contributed by atoms with E-state index in [-0.39, 0.29) is 31.5 Å². The van der Waals surface area contributed by atoms with Crippen LogP contribution in [-0.2, 0) is 37.9 Å². The van der Waals surface area contributed by atoms with E-state index in [1.807, 2.05) is 37.3 Å². The second kappa shape index (κ2) is 10.6. The minimum atomic E-state index is -4.58. The first-order valence-electron chi connectivity index (χ1n) is 10.7. The van der Waals surface area contributed by atoms with Crippen LogP contribution in [0.2, 0.25) is 0 Å². The Hall–Kier alpha value is -1.89. The summed E-state index contributed by atoms with van der Waals surface area (Å²) >= 11 is 0. The Labute approximate surface area is 182 Å². The van der Waals surface area contributed by atoms with Gasteiger partial charge in [-0.25, -0.2) is 0 Å². The number of benzene rings is 2. The fourth-order valence-corrected chi connectivity index (χ4v) is 3.81. The predicted octanol–water partition coefficient (Wildman–Crippen LogP) is 5.00. The van der Waals surface area contributed by atoms with E-state index in [4.69, 9.17) is 0 Å². The molecule has 1 unspecified atom stereocenters. The highest BCUT2D eigenvalue weighted by Crippen LogP contribution is 2.32. The summed E-state index contributed by atoms with van der Waals surface area (Å²) in [5.41, 5.74) is 5.37. The lowest BCUT2D eigenvalue weighted by Crippen LogP contribution is -2.29. The van der Waals surface area contributed by atoms with Crippen LogP contribution in [0.25, 0.3) is 0 Å².